The van der Waals surface area contributed by atoms with E-state index in [1.165, 1.54) is 12.1 Å². The smallest absolute Gasteiger partial charge is 0.123 e. The van der Waals surface area contributed by atoms with Gasteiger partial charge in [0.25, 0.3) is 0 Å². The fourth-order valence-electron chi connectivity index (χ4n) is 3.03. The van der Waals surface area contributed by atoms with E-state index in [-0.39, 0.29) is 5.82 Å². The molecular weight excluding hydrogens is 361 g/mol. The first-order chi connectivity index (χ1) is 13.1. The second-order valence-corrected chi connectivity index (χ2v) is 6.82. The summed E-state index contributed by atoms with van der Waals surface area (Å²) in [4.78, 5) is 12.8. The highest BCUT2D eigenvalue weighted by Crippen LogP contribution is 2.30. The number of hydrogen-bond acceptors (Lipinski definition) is 2. The van der Waals surface area contributed by atoms with Gasteiger partial charge >= 0.3 is 0 Å². The summed E-state index contributed by atoms with van der Waals surface area (Å²) in [6.07, 6.45) is 0.504. The number of aromatic nitrogens is 3. The summed E-state index contributed by atoms with van der Waals surface area (Å²) in [6.45, 7) is 1.95. The summed E-state index contributed by atoms with van der Waals surface area (Å²) in [5.41, 5.74) is 5.19. The minimum Gasteiger partial charge on any atom is -0.340 e. The number of nitrogens with one attached hydrogen (secondary N) is 1. The van der Waals surface area contributed by atoms with Crippen molar-refractivity contribution in [2.24, 2.45) is 0 Å². The largest absolute Gasteiger partial charge is 0.340 e. The molecule has 5 heteroatoms. The van der Waals surface area contributed by atoms with Crippen molar-refractivity contribution in [1.82, 2.24) is 15.0 Å². The molecule has 0 atom stereocenters. The molecular formula is C22H17ClFN3. The molecule has 1 N–H and O–H groups in total. The lowest BCUT2D eigenvalue weighted by molar-refractivity contribution is 0.626. The van der Waals surface area contributed by atoms with Gasteiger partial charge in [0.1, 0.15) is 11.6 Å². The highest BCUT2D eigenvalue weighted by Gasteiger charge is 2.16. The average Bonchev–Trinajstić information content (AvgIpc) is 3.06. The molecule has 3 nitrogen and oxygen atoms in total. The zero-order chi connectivity index (χ0) is 18.8. The summed E-state index contributed by atoms with van der Waals surface area (Å²) in [6, 6.07) is 20.0. The first-order valence-electron chi connectivity index (χ1n) is 8.62. The Kier molecular flexibility index (Phi) is 4.73. The monoisotopic (exact) mass is 377 g/mol. The number of hydrogen-bond donors (Lipinski definition) is 1. The van der Waals surface area contributed by atoms with Crippen molar-refractivity contribution in [2.45, 2.75) is 13.3 Å². The van der Waals surface area contributed by atoms with E-state index in [9.17, 15) is 4.39 Å². The average molecular weight is 378 g/mol. The third-order valence-corrected chi connectivity index (χ3v) is 4.53. The van der Waals surface area contributed by atoms with Gasteiger partial charge in [-0.1, -0.05) is 41.9 Å². The van der Waals surface area contributed by atoms with Crippen LogP contribution in [0.5, 0.6) is 0 Å². The molecule has 0 saturated heterocycles. The highest BCUT2D eigenvalue weighted by molar-refractivity contribution is 6.30. The van der Waals surface area contributed by atoms with Crippen molar-refractivity contribution in [3.8, 4) is 22.6 Å². The Morgan fingerprint density at radius 3 is 2.48 bits per heavy atom. The quantitative estimate of drug-likeness (QED) is 0.486. The van der Waals surface area contributed by atoms with Crippen LogP contribution in [0.1, 0.15) is 17.1 Å². The predicted molar refractivity (Wildman–Crippen MR) is 106 cm³/mol. The normalized spacial score (nSPS) is 10.9. The third kappa shape index (κ3) is 3.91. The number of rotatable bonds is 4. The maximum atomic E-state index is 13.5. The van der Waals surface area contributed by atoms with Crippen LogP contribution in [-0.2, 0) is 6.42 Å². The molecule has 0 amide bonds. The number of benzene rings is 2. The van der Waals surface area contributed by atoms with Gasteiger partial charge in [-0.05, 0) is 48.9 Å². The maximum absolute atomic E-state index is 13.5. The van der Waals surface area contributed by atoms with Gasteiger partial charge in [0.15, 0.2) is 0 Å². The predicted octanol–water partition coefficient (Wildman–Crippen LogP) is 5.83. The van der Waals surface area contributed by atoms with Gasteiger partial charge in [-0.15, -0.1) is 0 Å². The molecule has 0 aliphatic rings. The number of aromatic amines is 1. The summed E-state index contributed by atoms with van der Waals surface area (Å²) in [5, 5.41) is 0.671. The number of nitrogens with zero attached hydrogens (tertiary/aromatic N) is 2. The van der Waals surface area contributed by atoms with Gasteiger partial charge in [-0.25, -0.2) is 9.37 Å². The molecule has 0 unspecified atom stereocenters. The van der Waals surface area contributed by atoms with E-state index in [4.69, 9.17) is 16.6 Å². The standard InChI is InChI=1S/C22H17ClFN3/c1-14-4-2-7-19(25-14)22-21(16-8-10-17(23)11-9-16)26-20(27-22)13-15-5-3-6-18(24)12-15/h2-12H,13H2,1H3,(H,26,27). The maximum Gasteiger partial charge on any atom is 0.123 e. The van der Waals surface area contributed by atoms with Crippen molar-refractivity contribution < 1.29 is 4.39 Å². The van der Waals surface area contributed by atoms with Crippen molar-refractivity contribution in [3.63, 3.8) is 0 Å². The second kappa shape index (κ2) is 7.33. The lowest BCUT2D eigenvalue weighted by Crippen LogP contribution is -1.92. The van der Waals surface area contributed by atoms with Crippen LogP contribution in [0.3, 0.4) is 0 Å². The minimum atomic E-state index is -0.252. The van der Waals surface area contributed by atoms with Crippen molar-refractivity contribution in [3.05, 3.63) is 94.7 Å². The molecule has 0 radical (unpaired) electrons. The lowest BCUT2D eigenvalue weighted by Gasteiger charge is -2.03. The first-order valence-corrected chi connectivity index (χ1v) is 8.99. The van der Waals surface area contributed by atoms with Crippen LogP contribution in [0.4, 0.5) is 4.39 Å². The van der Waals surface area contributed by atoms with Crippen LogP contribution >= 0.6 is 11.6 Å². The summed E-state index contributed by atoms with van der Waals surface area (Å²) in [7, 11) is 0. The second-order valence-electron chi connectivity index (χ2n) is 6.38. The number of aryl methyl sites for hydroxylation is 1. The van der Waals surface area contributed by atoms with E-state index >= 15 is 0 Å². The number of pyridine rings is 1. The van der Waals surface area contributed by atoms with Crippen molar-refractivity contribution in [1.29, 1.82) is 0 Å². The van der Waals surface area contributed by atoms with Crippen LogP contribution in [0.2, 0.25) is 5.02 Å². The number of imidazole rings is 1. The summed E-state index contributed by atoms with van der Waals surface area (Å²) >= 11 is 6.03. The van der Waals surface area contributed by atoms with Crippen LogP contribution in [0, 0.1) is 12.7 Å². The Hall–Kier alpha value is -2.98. The molecule has 0 aliphatic heterocycles. The molecule has 2 aromatic heterocycles. The zero-order valence-electron chi connectivity index (χ0n) is 14.7. The van der Waals surface area contributed by atoms with E-state index in [1.54, 1.807) is 6.07 Å². The van der Waals surface area contributed by atoms with E-state index in [0.717, 1.165) is 39.7 Å². The van der Waals surface area contributed by atoms with E-state index in [1.807, 2.05) is 55.5 Å². The lowest BCUT2D eigenvalue weighted by atomic mass is 10.1. The van der Waals surface area contributed by atoms with Crippen LogP contribution < -0.4 is 0 Å². The molecule has 27 heavy (non-hydrogen) atoms. The van der Waals surface area contributed by atoms with Crippen LogP contribution in [-0.4, -0.2) is 15.0 Å². The number of H-pyrrole nitrogens is 1. The van der Waals surface area contributed by atoms with Gasteiger partial charge in [-0.3, -0.25) is 4.98 Å². The van der Waals surface area contributed by atoms with Crippen LogP contribution in [0.25, 0.3) is 22.6 Å². The Morgan fingerprint density at radius 1 is 0.963 bits per heavy atom. The Labute approximate surface area is 161 Å². The van der Waals surface area contributed by atoms with Gasteiger partial charge in [-0.2, -0.15) is 0 Å². The molecule has 0 saturated carbocycles. The minimum absolute atomic E-state index is 0.252. The Bertz CT molecular complexity index is 1090. The third-order valence-electron chi connectivity index (χ3n) is 4.28. The van der Waals surface area contributed by atoms with Gasteiger partial charge in [0.05, 0.1) is 17.1 Å². The summed E-state index contributed by atoms with van der Waals surface area (Å²) in [5.74, 6) is 0.501. The molecule has 0 bridgehead atoms. The molecule has 2 heterocycles. The summed E-state index contributed by atoms with van der Waals surface area (Å²) < 4.78 is 13.5. The zero-order valence-corrected chi connectivity index (χ0v) is 15.5. The molecule has 0 aliphatic carbocycles. The van der Waals surface area contributed by atoms with Gasteiger partial charge < -0.3 is 4.98 Å². The fourth-order valence-corrected chi connectivity index (χ4v) is 3.16. The Morgan fingerprint density at radius 2 is 1.74 bits per heavy atom. The van der Waals surface area contributed by atoms with Crippen LogP contribution in [0.15, 0.2) is 66.7 Å². The SMILES string of the molecule is Cc1cccc(-c2[nH]c(Cc3cccc(F)c3)nc2-c2ccc(Cl)cc2)n1. The van der Waals surface area contributed by atoms with E-state index in [0.29, 0.717) is 11.4 Å². The van der Waals surface area contributed by atoms with Gasteiger partial charge in [0.2, 0.25) is 0 Å². The molecule has 0 fully saturated rings. The van der Waals surface area contributed by atoms with E-state index in [2.05, 4.69) is 9.97 Å². The van der Waals surface area contributed by atoms with Crippen molar-refractivity contribution >= 4 is 11.6 Å². The van der Waals surface area contributed by atoms with Crippen molar-refractivity contribution in [2.75, 3.05) is 0 Å². The van der Waals surface area contributed by atoms with Gasteiger partial charge in [0, 0.05) is 22.7 Å². The topological polar surface area (TPSA) is 41.6 Å². The molecule has 4 aromatic rings. The fraction of sp³-hybridized carbons (Fsp3) is 0.0909. The highest BCUT2D eigenvalue weighted by atomic mass is 35.5. The first kappa shape index (κ1) is 17.4. The molecule has 134 valence electrons. The number of halogens is 2. The Balaban J connectivity index is 1.80. The van der Waals surface area contributed by atoms with E-state index < -0.39 is 0 Å². The molecule has 2 aromatic carbocycles. The molecule has 4 rings (SSSR count). The molecule has 0 spiro atoms.